The van der Waals surface area contributed by atoms with Crippen molar-refractivity contribution >= 4 is 10.9 Å². The van der Waals surface area contributed by atoms with E-state index in [1.54, 1.807) is 0 Å². The molecule has 0 spiro atoms. The molecule has 0 saturated heterocycles. The highest BCUT2D eigenvalue weighted by Crippen LogP contribution is 2.34. The van der Waals surface area contributed by atoms with E-state index in [4.69, 9.17) is 0 Å². The second-order valence-corrected chi connectivity index (χ2v) is 6.20. The first-order valence-corrected chi connectivity index (χ1v) is 8.28. The Bertz CT molecular complexity index is 758. The van der Waals surface area contributed by atoms with Gasteiger partial charge < -0.3 is 10.3 Å². The van der Waals surface area contributed by atoms with E-state index < -0.39 is 0 Å². The highest BCUT2D eigenvalue weighted by Gasteiger charge is 2.23. The van der Waals surface area contributed by atoms with Gasteiger partial charge in [0.15, 0.2) is 0 Å². The number of aryl methyl sites for hydroxylation is 1. The van der Waals surface area contributed by atoms with E-state index in [0.717, 1.165) is 13.0 Å². The molecular formula is C20H22N2. The molecule has 2 N–H and O–H groups in total. The molecule has 1 atom stereocenters. The lowest BCUT2D eigenvalue weighted by Crippen LogP contribution is -2.27. The topological polar surface area (TPSA) is 27.8 Å². The molecule has 2 aromatic carbocycles. The molecule has 0 fully saturated rings. The lowest BCUT2D eigenvalue weighted by atomic mass is 9.91. The van der Waals surface area contributed by atoms with Gasteiger partial charge in [-0.05, 0) is 49.4 Å². The van der Waals surface area contributed by atoms with Crippen molar-refractivity contribution in [1.82, 2.24) is 10.3 Å². The number of hydrogen-bond donors (Lipinski definition) is 2. The first kappa shape index (κ1) is 13.6. The van der Waals surface area contributed by atoms with E-state index in [1.165, 1.54) is 47.0 Å². The standard InChI is InChI=1S/C20H22N2/c1-2-7-15(8-3-1)13-14-21-19-12-6-10-17-16-9-4-5-11-18(16)22-20(17)19/h1-5,7-9,11,19,21-22H,6,10,12-14H2/t19-/m1/s1. The fourth-order valence-electron chi connectivity index (χ4n) is 3.65. The van der Waals surface area contributed by atoms with Crippen LogP contribution in [0.15, 0.2) is 54.6 Å². The molecule has 0 saturated carbocycles. The van der Waals surface area contributed by atoms with Gasteiger partial charge in [-0.1, -0.05) is 48.5 Å². The Kier molecular flexibility index (Phi) is 3.69. The van der Waals surface area contributed by atoms with Gasteiger partial charge in [0, 0.05) is 22.6 Å². The summed E-state index contributed by atoms with van der Waals surface area (Å²) in [6, 6.07) is 19.9. The maximum absolute atomic E-state index is 3.76. The zero-order chi connectivity index (χ0) is 14.8. The number of para-hydroxylation sites is 1. The molecule has 112 valence electrons. The smallest absolute Gasteiger partial charge is 0.0476 e. The van der Waals surface area contributed by atoms with Gasteiger partial charge in [-0.15, -0.1) is 0 Å². The Labute approximate surface area is 131 Å². The molecular weight excluding hydrogens is 268 g/mol. The molecule has 1 aliphatic carbocycles. The van der Waals surface area contributed by atoms with Crippen molar-refractivity contribution in [3.63, 3.8) is 0 Å². The third kappa shape index (κ3) is 2.55. The molecule has 3 aromatic rings. The first-order valence-electron chi connectivity index (χ1n) is 8.28. The molecule has 0 unspecified atom stereocenters. The summed E-state index contributed by atoms with van der Waals surface area (Å²) in [4.78, 5) is 3.65. The lowest BCUT2D eigenvalue weighted by molar-refractivity contribution is 0.456. The highest BCUT2D eigenvalue weighted by atomic mass is 14.9. The predicted molar refractivity (Wildman–Crippen MR) is 92.1 cm³/mol. The molecule has 1 heterocycles. The molecule has 1 aromatic heterocycles. The Morgan fingerprint density at radius 3 is 2.73 bits per heavy atom. The minimum atomic E-state index is 0.472. The summed E-state index contributed by atoms with van der Waals surface area (Å²) < 4.78 is 0. The predicted octanol–water partition coefficient (Wildman–Crippen LogP) is 4.38. The second kappa shape index (κ2) is 5.98. The van der Waals surface area contributed by atoms with Crippen molar-refractivity contribution in [3.05, 3.63) is 71.4 Å². The number of fused-ring (bicyclic) bond motifs is 3. The quantitative estimate of drug-likeness (QED) is 0.733. The van der Waals surface area contributed by atoms with Crippen molar-refractivity contribution < 1.29 is 0 Å². The van der Waals surface area contributed by atoms with Crippen LogP contribution < -0.4 is 5.32 Å². The molecule has 0 bridgehead atoms. The van der Waals surface area contributed by atoms with Gasteiger partial charge in [0.1, 0.15) is 0 Å². The number of benzene rings is 2. The van der Waals surface area contributed by atoms with Crippen LogP contribution in [-0.2, 0) is 12.8 Å². The van der Waals surface area contributed by atoms with Gasteiger partial charge in [-0.2, -0.15) is 0 Å². The molecule has 0 amide bonds. The van der Waals surface area contributed by atoms with Crippen molar-refractivity contribution in [1.29, 1.82) is 0 Å². The lowest BCUT2D eigenvalue weighted by Gasteiger charge is -2.24. The summed E-state index contributed by atoms with van der Waals surface area (Å²) >= 11 is 0. The first-order chi connectivity index (χ1) is 10.9. The SMILES string of the molecule is c1ccc(CCN[C@@H]2CCCc3c2[nH]c2ccccc32)cc1. The zero-order valence-corrected chi connectivity index (χ0v) is 12.8. The maximum atomic E-state index is 3.76. The Balaban J connectivity index is 1.50. The van der Waals surface area contributed by atoms with Crippen LogP contribution in [0.2, 0.25) is 0 Å². The molecule has 0 radical (unpaired) electrons. The molecule has 22 heavy (non-hydrogen) atoms. The summed E-state index contributed by atoms with van der Waals surface area (Å²) in [6.45, 7) is 1.03. The van der Waals surface area contributed by atoms with Crippen molar-refractivity contribution in [3.8, 4) is 0 Å². The van der Waals surface area contributed by atoms with E-state index >= 15 is 0 Å². The normalized spacial score (nSPS) is 17.5. The van der Waals surface area contributed by atoms with Crippen molar-refractivity contribution in [2.24, 2.45) is 0 Å². The monoisotopic (exact) mass is 290 g/mol. The van der Waals surface area contributed by atoms with Gasteiger partial charge in [0.2, 0.25) is 0 Å². The summed E-state index contributed by atoms with van der Waals surface area (Å²) in [6.07, 6.45) is 4.80. The second-order valence-electron chi connectivity index (χ2n) is 6.20. The third-order valence-corrected chi connectivity index (χ3v) is 4.76. The van der Waals surface area contributed by atoms with E-state index in [9.17, 15) is 0 Å². The molecule has 2 nitrogen and oxygen atoms in total. The van der Waals surface area contributed by atoms with Gasteiger partial charge in [0.25, 0.3) is 0 Å². The van der Waals surface area contributed by atoms with Crippen molar-refractivity contribution in [2.45, 2.75) is 31.7 Å². The van der Waals surface area contributed by atoms with Crippen LogP contribution in [0.1, 0.15) is 35.7 Å². The average molecular weight is 290 g/mol. The molecule has 1 aliphatic rings. The number of hydrogen-bond acceptors (Lipinski definition) is 1. The van der Waals surface area contributed by atoms with Gasteiger partial charge in [-0.3, -0.25) is 0 Å². The molecule has 4 rings (SSSR count). The summed E-state index contributed by atoms with van der Waals surface area (Å²) in [5.41, 5.74) is 5.63. The van der Waals surface area contributed by atoms with E-state index in [2.05, 4.69) is 64.9 Å². The number of nitrogens with one attached hydrogen (secondary N) is 2. The van der Waals surface area contributed by atoms with Crippen LogP contribution in [0, 0.1) is 0 Å². The fraction of sp³-hybridized carbons (Fsp3) is 0.300. The Morgan fingerprint density at radius 2 is 1.82 bits per heavy atom. The average Bonchev–Trinajstić information content (AvgIpc) is 2.96. The van der Waals surface area contributed by atoms with E-state index in [-0.39, 0.29) is 0 Å². The van der Waals surface area contributed by atoms with Crippen LogP contribution in [0.4, 0.5) is 0 Å². The van der Waals surface area contributed by atoms with Gasteiger partial charge in [0.05, 0.1) is 0 Å². The van der Waals surface area contributed by atoms with E-state index in [1.807, 2.05) is 0 Å². The summed E-state index contributed by atoms with van der Waals surface area (Å²) in [5.74, 6) is 0. The summed E-state index contributed by atoms with van der Waals surface area (Å²) in [7, 11) is 0. The van der Waals surface area contributed by atoms with Crippen LogP contribution in [0.5, 0.6) is 0 Å². The summed E-state index contributed by atoms with van der Waals surface area (Å²) in [5, 5.41) is 5.17. The van der Waals surface area contributed by atoms with Gasteiger partial charge >= 0.3 is 0 Å². The zero-order valence-electron chi connectivity index (χ0n) is 12.8. The fourth-order valence-corrected chi connectivity index (χ4v) is 3.65. The number of aromatic nitrogens is 1. The Hall–Kier alpha value is -2.06. The van der Waals surface area contributed by atoms with Crippen LogP contribution in [0.25, 0.3) is 10.9 Å². The maximum Gasteiger partial charge on any atom is 0.0476 e. The Morgan fingerprint density at radius 1 is 1.00 bits per heavy atom. The van der Waals surface area contributed by atoms with Crippen LogP contribution in [0.3, 0.4) is 0 Å². The minimum absolute atomic E-state index is 0.472. The van der Waals surface area contributed by atoms with Gasteiger partial charge in [-0.25, -0.2) is 0 Å². The molecule has 0 aliphatic heterocycles. The molecule has 2 heteroatoms. The third-order valence-electron chi connectivity index (χ3n) is 4.76. The number of H-pyrrole nitrogens is 1. The number of aromatic amines is 1. The minimum Gasteiger partial charge on any atom is -0.357 e. The van der Waals surface area contributed by atoms with E-state index in [0.29, 0.717) is 6.04 Å². The van der Waals surface area contributed by atoms with Crippen molar-refractivity contribution in [2.75, 3.05) is 6.54 Å². The van der Waals surface area contributed by atoms with Crippen LogP contribution in [-0.4, -0.2) is 11.5 Å². The van der Waals surface area contributed by atoms with Crippen LogP contribution >= 0.6 is 0 Å². The highest BCUT2D eigenvalue weighted by molar-refractivity contribution is 5.85. The largest absolute Gasteiger partial charge is 0.357 e. The number of rotatable bonds is 4.